The zero-order valence-corrected chi connectivity index (χ0v) is 12.4. The fraction of sp³-hybridized carbons (Fsp3) is 0.533. The van der Waals surface area contributed by atoms with Crippen molar-refractivity contribution < 1.29 is 15.0 Å². The van der Waals surface area contributed by atoms with Crippen molar-refractivity contribution in [3.63, 3.8) is 0 Å². The summed E-state index contributed by atoms with van der Waals surface area (Å²) >= 11 is 0. The van der Waals surface area contributed by atoms with Crippen LogP contribution in [0.1, 0.15) is 59.6 Å². The molecule has 0 heterocycles. The molecule has 0 unspecified atom stereocenters. The van der Waals surface area contributed by atoms with Crippen LogP contribution in [0.4, 0.5) is 0 Å². The third-order valence-corrected chi connectivity index (χ3v) is 4.14. The Morgan fingerprint density at radius 3 is 2.45 bits per heavy atom. The molecule has 1 aromatic carbocycles. The van der Waals surface area contributed by atoms with E-state index in [4.69, 9.17) is 5.73 Å². The first-order valence-corrected chi connectivity index (χ1v) is 6.83. The van der Waals surface area contributed by atoms with Crippen molar-refractivity contribution in [2.45, 2.75) is 45.1 Å². The van der Waals surface area contributed by atoms with E-state index < -0.39 is 12.0 Å². The Bertz CT molecular complexity index is 484. The van der Waals surface area contributed by atoms with Gasteiger partial charge in [-0.1, -0.05) is 25.3 Å². The van der Waals surface area contributed by atoms with Gasteiger partial charge < -0.3 is 15.9 Å². The van der Waals surface area contributed by atoms with E-state index >= 15 is 0 Å². The average Bonchev–Trinajstić information content (AvgIpc) is 2.41. The third kappa shape index (κ3) is 3.25. The number of hydrogen-bond acceptors (Lipinski definition) is 3. The second-order valence-electron chi connectivity index (χ2n) is 5.42. The number of nitrogens with two attached hydrogens (primary N) is 1. The lowest BCUT2D eigenvalue weighted by Crippen LogP contribution is -2.25. The van der Waals surface area contributed by atoms with E-state index in [1.807, 2.05) is 0 Å². The number of aryl methyl sites for hydroxylation is 1. The van der Waals surface area contributed by atoms with Crippen molar-refractivity contribution in [3.05, 3.63) is 28.8 Å². The number of benzene rings is 1. The lowest BCUT2D eigenvalue weighted by atomic mass is 9.79. The molecule has 0 aliphatic heterocycles. The summed E-state index contributed by atoms with van der Waals surface area (Å²) in [6, 6.07) is 2.76. The van der Waals surface area contributed by atoms with Crippen LogP contribution in [0.2, 0.25) is 0 Å². The number of rotatable bonds is 3. The Morgan fingerprint density at radius 1 is 1.30 bits per heavy atom. The lowest BCUT2D eigenvalue weighted by Gasteiger charge is -2.29. The summed E-state index contributed by atoms with van der Waals surface area (Å²) in [5.74, 6) is -0.728. The van der Waals surface area contributed by atoms with E-state index in [-0.39, 0.29) is 29.6 Å². The molecule has 1 fully saturated rings. The molecule has 4 nitrogen and oxygen atoms in total. The number of aromatic hydroxyl groups is 1. The van der Waals surface area contributed by atoms with E-state index in [0.29, 0.717) is 11.1 Å². The molecule has 1 aromatic rings. The zero-order chi connectivity index (χ0) is 14.0. The van der Waals surface area contributed by atoms with E-state index in [0.717, 1.165) is 25.7 Å². The van der Waals surface area contributed by atoms with Crippen molar-refractivity contribution in [1.82, 2.24) is 0 Å². The molecule has 0 saturated heterocycles. The molecule has 0 spiro atoms. The average molecular weight is 300 g/mol. The lowest BCUT2D eigenvalue weighted by molar-refractivity contribution is 0.0693. The number of halogens is 1. The standard InChI is InChI=1S/C15H21NO3.ClH/c1-9-7-8-11(15(18)19)12(14(9)17)13(16)10-5-3-2-4-6-10;/h7-8,10,13,17H,2-6,16H2,1H3,(H,18,19);1H/t13-;/m0./s1. The maximum absolute atomic E-state index is 11.3. The second-order valence-corrected chi connectivity index (χ2v) is 5.42. The van der Waals surface area contributed by atoms with Crippen LogP contribution < -0.4 is 5.73 Å². The van der Waals surface area contributed by atoms with Crippen LogP contribution in [0.25, 0.3) is 0 Å². The molecule has 4 N–H and O–H groups in total. The molecule has 1 aliphatic carbocycles. The summed E-state index contributed by atoms with van der Waals surface area (Å²) in [4.78, 5) is 11.3. The molecule has 0 radical (unpaired) electrons. The molecule has 0 aromatic heterocycles. The number of phenols is 1. The van der Waals surface area contributed by atoms with Gasteiger partial charge in [0.2, 0.25) is 0 Å². The smallest absolute Gasteiger partial charge is 0.336 e. The van der Waals surface area contributed by atoms with Crippen molar-refractivity contribution in [2.24, 2.45) is 11.7 Å². The summed E-state index contributed by atoms with van der Waals surface area (Å²) in [6.45, 7) is 1.76. The molecule has 20 heavy (non-hydrogen) atoms. The van der Waals surface area contributed by atoms with E-state index in [1.54, 1.807) is 13.0 Å². The number of hydrogen-bond donors (Lipinski definition) is 3. The molecule has 0 bridgehead atoms. The fourth-order valence-corrected chi connectivity index (χ4v) is 2.97. The van der Waals surface area contributed by atoms with Gasteiger partial charge in [0.05, 0.1) is 5.56 Å². The maximum Gasteiger partial charge on any atom is 0.336 e. The first-order chi connectivity index (χ1) is 9.02. The molecule has 1 aliphatic rings. The van der Waals surface area contributed by atoms with Crippen molar-refractivity contribution >= 4 is 18.4 Å². The Balaban J connectivity index is 0.00000200. The number of carboxylic acid groups (broad SMARTS) is 1. The topological polar surface area (TPSA) is 83.5 Å². The van der Waals surface area contributed by atoms with Crippen LogP contribution >= 0.6 is 12.4 Å². The predicted octanol–water partition coefficient (Wildman–Crippen LogP) is 3.40. The number of carbonyl (C=O) groups is 1. The first kappa shape index (κ1) is 16.8. The zero-order valence-electron chi connectivity index (χ0n) is 11.6. The Hall–Kier alpha value is -1.26. The number of phenolic OH excluding ortho intramolecular Hbond substituents is 1. The minimum atomic E-state index is -1.03. The normalized spacial score (nSPS) is 17.3. The highest BCUT2D eigenvalue weighted by atomic mass is 35.5. The maximum atomic E-state index is 11.3. The van der Waals surface area contributed by atoms with E-state index in [2.05, 4.69) is 0 Å². The Labute approximate surface area is 125 Å². The molecular weight excluding hydrogens is 278 g/mol. The minimum absolute atomic E-state index is 0. The van der Waals surface area contributed by atoms with Crippen molar-refractivity contribution in [2.75, 3.05) is 0 Å². The van der Waals surface area contributed by atoms with Crippen LogP contribution in [0.3, 0.4) is 0 Å². The van der Waals surface area contributed by atoms with Crippen LogP contribution in [0.15, 0.2) is 12.1 Å². The quantitative estimate of drug-likeness (QED) is 0.798. The van der Waals surface area contributed by atoms with Gasteiger partial charge in [0.15, 0.2) is 0 Å². The van der Waals surface area contributed by atoms with Crippen molar-refractivity contribution in [1.29, 1.82) is 0 Å². The van der Waals surface area contributed by atoms with Crippen LogP contribution in [-0.2, 0) is 0 Å². The monoisotopic (exact) mass is 299 g/mol. The first-order valence-electron chi connectivity index (χ1n) is 6.83. The Kier molecular flexibility index (Phi) is 5.84. The van der Waals surface area contributed by atoms with Gasteiger partial charge in [0.25, 0.3) is 0 Å². The number of carboxylic acids is 1. The number of aromatic carboxylic acids is 1. The summed E-state index contributed by atoms with van der Waals surface area (Å²) in [5, 5.41) is 19.4. The van der Waals surface area contributed by atoms with E-state index in [9.17, 15) is 15.0 Å². The third-order valence-electron chi connectivity index (χ3n) is 4.14. The highest BCUT2D eigenvalue weighted by Crippen LogP contribution is 2.39. The minimum Gasteiger partial charge on any atom is -0.507 e. The largest absolute Gasteiger partial charge is 0.507 e. The highest BCUT2D eigenvalue weighted by Gasteiger charge is 2.28. The van der Waals surface area contributed by atoms with Gasteiger partial charge in [0.1, 0.15) is 5.75 Å². The van der Waals surface area contributed by atoms with Gasteiger partial charge in [-0.3, -0.25) is 0 Å². The summed E-state index contributed by atoms with van der Waals surface area (Å²) in [6.07, 6.45) is 5.50. The summed E-state index contributed by atoms with van der Waals surface area (Å²) in [7, 11) is 0. The second kappa shape index (κ2) is 6.95. The van der Waals surface area contributed by atoms with Gasteiger partial charge in [-0.05, 0) is 37.3 Å². The molecule has 0 amide bonds. The SMILES string of the molecule is Cc1ccc(C(=O)O)c([C@@H](N)C2CCCCC2)c1O.Cl. The van der Waals surface area contributed by atoms with E-state index in [1.165, 1.54) is 12.5 Å². The van der Waals surface area contributed by atoms with Gasteiger partial charge in [-0.2, -0.15) is 0 Å². The van der Waals surface area contributed by atoms with Crippen molar-refractivity contribution in [3.8, 4) is 5.75 Å². The van der Waals surface area contributed by atoms with Gasteiger partial charge in [-0.25, -0.2) is 4.79 Å². The van der Waals surface area contributed by atoms with Crippen LogP contribution in [0, 0.1) is 12.8 Å². The Morgan fingerprint density at radius 2 is 1.90 bits per heavy atom. The van der Waals surface area contributed by atoms with Gasteiger partial charge in [0, 0.05) is 11.6 Å². The fourth-order valence-electron chi connectivity index (χ4n) is 2.97. The molecule has 112 valence electrons. The summed E-state index contributed by atoms with van der Waals surface area (Å²) < 4.78 is 0. The van der Waals surface area contributed by atoms with Gasteiger partial charge in [-0.15, -0.1) is 12.4 Å². The molecule has 5 heteroatoms. The highest BCUT2D eigenvalue weighted by molar-refractivity contribution is 5.90. The molecule has 1 atom stereocenters. The molecular formula is C15H22ClNO3. The van der Waals surface area contributed by atoms with Crippen LogP contribution in [-0.4, -0.2) is 16.2 Å². The van der Waals surface area contributed by atoms with Crippen LogP contribution in [0.5, 0.6) is 5.75 Å². The molecule has 1 saturated carbocycles. The summed E-state index contributed by atoms with van der Waals surface area (Å²) in [5.41, 5.74) is 7.46. The van der Waals surface area contributed by atoms with Gasteiger partial charge >= 0.3 is 5.97 Å². The predicted molar refractivity (Wildman–Crippen MR) is 80.6 cm³/mol. The molecule has 2 rings (SSSR count).